The molecule has 5 aromatic rings. The Labute approximate surface area is 230 Å². The van der Waals surface area contributed by atoms with Crippen molar-refractivity contribution >= 4 is 22.5 Å². The Bertz CT molecular complexity index is 1700. The first kappa shape index (κ1) is 25.9. The summed E-state index contributed by atoms with van der Waals surface area (Å²) in [6.45, 7) is 2.63. The zero-order valence-corrected chi connectivity index (χ0v) is 22.0. The van der Waals surface area contributed by atoms with Crippen LogP contribution in [0.25, 0.3) is 22.0 Å². The van der Waals surface area contributed by atoms with E-state index in [9.17, 15) is 18.0 Å². The van der Waals surface area contributed by atoms with Gasteiger partial charge in [0.15, 0.2) is 0 Å². The van der Waals surface area contributed by atoms with Gasteiger partial charge in [-0.25, -0.2) is 0 Å². The fourth-order valence-electron chi connectivity index (χ4n) is 5.59. The number of fused-ring (bicyclic) bond motifs is 2. The van der Waals surface area contributed by atoms with Crippen LogP contribution in [-0.4, -0.2) is 21.9 Å². The topological polar surface area (TPSA) is 37.3 Å². The van der Waals surface area contributed by atoms with Crippen LogP contribution in [0.4, 0.5) is 18.9 Å². The van der Waals surface area contributed by atoms with Crippen LogP contribution in [0.3, 0.4) is 0 Å². The predicted octanol–water partition coefficient (Wildman–Crippen LogP) is 7.67. The molecule has 0 unspecified atom stereocenters. The minimum atomic E-state index is -4.41. The van der Waals surface area contributed by atoms with Gasteiger partial charge in [0.05, 0.1) is 5.56 Å². The summed E-state index contributed by atoms with van der Waals surface area (Å²) in [6.07, 6.45) is -1.32. The van der Waals surface area contributed by atoms with Gasteiger partial charge in [-0.2, -0.15) is 13.2 Å². The molecule has 1 aliphatic heterocycles. The van der Waals surface area contributed by atoms with Crippen LogP contribution in [0.5, 0.6) is 0 Å². The van der Waals surface area contributed by atoms with E-state index < -0.39 is 11.7 Å². The molecule has 0 radical (unpaired) electrons. The second kappa shape index (κ2) is 10.3. The SMILES string of the molecule is Cn1cc(CN2CCc3cc(NC(=O)c4ccccc4-c4ccc(C(F)(F)F)cc4)ccc3C2)c2ccccc21. The van der Waals surface area contributed by atoms with E-state index in [0.717, 1.165) is 38.2 Å². The van der Waals surface area contributed by atoms with Gasteiger partial charge >= 0.3 is 6.18 Å². The second-order valence-corrected chi connectivity index (χ2v) is 10.3. The molecule has 1 N–H and O–H groups in total. The number of carbonyl (C=O) groups is 1. The van der Waals surface area contributed by atoms with Crippen LogP contribution < -0.4 is 5.32 Å². The molecule has 40 heavy (non-hydrogen) atoms. The number of nitrogens with one attached hydrogen (secondary N) is 1. The third-order valence-corrected chi connectivity index (χ3v) is 7.62. The zero-order chi connectivity index (χ0) is 27.9. The number of benzene rings is 4. The van der Waals surface area contributed by atoms with Gasteiger partial charge < -0.3 is 9.88 Å². The minimum Gasteiger partial charge on any atom is -0.350 e. The molecule has 7 heteroatoms. The van der Waals surface area contributed by atoms with Gasteiger partial charge in [-0.3, -0.25) is 9.69 Å². The van der Waals surface area contributed by atoms with Crippen molar-refractivity contribution in [3.05, 3.63) is 125 Å². The predicted molar refractivity (Wildman–Crippen MR) is 152 cm³/mol. The van der Waals surface area contributed by atoms with Crippen molar-refractivity contribution in [3.8, 4) is 11.1 Å². The average Bonchev–Trinajstić information content (AvgIpc) is 3.27. The molecule has 4 aromatic carbocycles. The van der Waals surface area contributed by atoms with Crippen molar-refractivity contribution < 1.29 is 18.0 Å². The number of anilines is 1. The number of rotatable bonds is 5. The molecule has 2 heterocycles. The van der Waals surface area contributed by atoms with E-state index in [2.05, 4.69) is 58.4 Å². The Hall–Kier alpha value is -4.36. The Morgan fingerprint density at radius 3 is 2.45 bits per heavy atom. The van der Waals surface area contributed by atoms with Crippen LogP contribution >= 0.6 is 0 Å². The van der Waals surface area contributed by atoms with Gasteiger partial charge in [0.1, 0.15) is 0 Å². The van der Waals surface area contributed by atoms with Crippen molar-refractivity contribution in [1.82, 2.24) is 9.47 Å². The number of hydrogen-bond acceptors (Lipinski definition) is 2. The van der Waals surface area contributed by atoms with Gasteiger partial charge in [-0.05, 0) is 70.6 Å². The lowest BCUT2D eigenvalue weighted by molar-refractivity contribution is -0.137. The van der Waals surface area contributed by atoms with E-state index in [0.29, 0.717) is 22.4 Å². The third kappa shape index (κ3) is 5.12. The summed E-state index contributed by atoms with van der Waals surface area (Å²) in [6, 6.07) is 26.3. The molecule has 6 rings (SSSR count). The maximum atomic E-state index is 13.3. The summed E-state index contributed by atoms with van der Waals surface area (Å²) < 4.78 is 41.2. The van der Waals surface area contributed by atoms with E-state index in [1.807, 2.05) is 12.1 Å². The highest BCUT2D eigenvalue weighted by atomic mass is 19.4. The van der Waals surface area contributed by atoms with Gasteiger partial charge in [-0.1, -0.05) is 54.6 Å². The van der Waals surface area contributed by atoms with E-state index >= 15 is 0 Å². The number of carbonyl (C=O) groups excluding carboxylic acids is 1. The van der Waals surface area contributed by atoms with Gasteiger partial charge in [0.2, 0.25) is 0 Å². The molecule has 1 amide bonds. The Morgan fingerprint density at radius 2 is 1.65 bits per heavy atom. The summed E-state index contributed by atoms with van der Waals surface area (Å²) in [7, 11) is 2.08. The number of aromatic nitrogens is 1. The van der Waals surface area contributed by atoms with Crippen molar-refractivity contribution in [2.45, 2.75) is 25.7 Å². The lowest BCUT2D eigenvalue weighted by Crippen LogP contribution is -2.30. The molecule has 4 nitrogen and oxygen atoms in total. The Kier molecular flexibility index (Phi) is 6.68. The van der Waals surface area contributed by atoms with E-state index in [4.69, 9.17) is 0 Å². The van der Waals surface area contributed by atoms with Crippen LogP contribution in [0.15, 0.2) is 97.2 Å². The molecular weight excluding hydrogens is 511 g/mol. The van der Waals surface area contributed by atoms with Crippen LogP contribution in [0.2, 0.25) is 0 Å². The summed E-state index contributed by atoms with van der Waals surface area (Å²) in [5.74, 6) is -0.302. The molecule has 0 spiro atoms. The van der Waals surface area contributed by atoms with Crippen molar-refractivity contribution in [2.75, 3.05) is 11.9 Å². The van der Waals surface area contributed by atoms with Crippen LogP contribution in [0, 0.1) is 0 Å². The number of para-hydroxylation sites is 1. The Morgan fingerprint density at radius 1 is 0.900 bits per heavy atom. The van der Waals surface area contributed by atoms with Crippen molar-refractivity contribution in [3.63, 3.8) is 0 Å². The average molecular weight is 540 g/mol. The zero-order valence-electron chi connectivity index (χ0n) is 22.0. The third-order valence-electron chi connectivity index (χ3n) is 7.62. The Balaban J connectivity index is 1.16. The normalized spacial score (nSPS) is 13.8. The van der Waals surface area contributed by atoms with Crippen molar-refractivity contribution in [1.29, 1.82) is 0 Å². The molecule has 0 bridgehead atoms. The summed E-state index contributed by atoms with van der Waals surface area (Å²) in [4.78, 5) is 15.7. The van der Waals surface area contributed by atoms with E-state index in [1.165, 1.54) is 39.7 Å². The fraction of sp³-hybridized carbons (Fsp3) is 0.182. The number of aryl methyl sites for hydroxylation is 1. The summed E-state index contributed by atoms with van der Waals surface area (Å²) in [5, 5.41) is 4.28. The molecule has 0 saturated carbocycles. The number of alkyl halides is 3. The maximum Gasteiger partial charge on any atom is 0.416 e. The highest BCUT2D eigenvalue weighted by Crippen LogP contribution is 2.32. The first-order valence-electron chi connectivity index (χ1n) is 13.2. The van der Waals surface area contributed by atoms with E-state index in [1.54, 1.807) is 24.3 Å². The standard InChI is InChI=1S/C33H28F3N3O/c1-38-19-25(29-7-4-5-9-31(29)38)21-39-17-16-23-18-27(15-12-24(23)20-39)37-32(40)30-8-3-2-6-28(30)22-10-13-26(14-11-22)33(34,35)36/h2-15,18-19H,16-17,20-21H2,1H3,(H,37,40). The molecule has 0 aliphatic carbocycles. The summed E-state index contributed by atoms with van der Waals surface area (Å²) in [5.41, 5.74) is 6.52. The molecule has 0 saturated heterocycles. The van der Waals surface area contributed by atoms with Crippen LogP contribution in [-0.2, 0) is 32.7 Å². The molecule has 0 fully saturated rings. The largest absolute Gasteiger partial charge is 0.416 e. The van der Waals surface area contributed by atoms with Crippen molar-refractivity contribution in [2.24, 2.45) is 7.05 Å². The maximum absolute atomic E-state index is 13.3. The molecule has 1 aliphatic rings. The van der Waals surface area contributed by atoms with Gasteiger partial charge in [0.25, 0.3) is 5.91 Å². The van der Waals surface area contributed by atoms with Gasteiger partial charge in [0, 0.05) is 55.0 Å². The fourth-order valence-corrected chi connectivity index (χ4v) is 5.59. The first-order chi connectivity index (χ1) is 19.3. The smallest absolute Gasteiger partial charge is 0.350 e. The molecular formula is C33H28F3N3O. The number of halogens is 3. The van der Waals surface area contributed by atoms with Crippen LogP contribution in [0.1, 0.15) is 32.6 Å². The van der Waals surface area contributed by atoms with Gasteiger partial charge in [-0.15, -0.1) is 0 Å². The highest BCUT2D eigenvalue weighted by Gasteiger charge is 2.30. The highest BCUT2D eigenvalue weighted by molar-refractivity contribution is 6.08. The number of nitrogens with zero attached hydrogens (tertiary/aromatic N) is 2. The first-order valence-corrected chi connectivity index (χ1v) is 13.2. The lowest BCUT2D eigenvalue weighted by atomic mass is 9.97. The number of hydrogen-bond donors (Lipinski definition) is 1. The summed E-state index contributed by atoms with van der Waals surface area (Å²) >= 11 is 0. The monoisotopic (exact) mass is 539 g/mol. The van der Waals surface area contributed by atoms with E-state index in [-0.39, 0.29) is 5.91 Å². The molecule has 202 valence electrons. The molecule has 1 aromatic heterocycles. The molecule has 0 atom stereocenters. The lowest BCUT2D eigenvalue weighted by Gasteiger charge is -2.29. The number of amides is 1. The quantitative estimate of drug-likeness (QED) is 0.249. The second-order valence-electron chi connectivity index (χ2n) is 10.3. The minimum absolute atomic E-state index is 0.302.